The second kappa shape index (κ2) is 14.3. The highest BCUT2D eigenvalue weighted by Crippen LogP contribution is 2.41. The molecule has 0 aliphatic rings. The van der Waals surface area contributed by atoms with E-state index in [0.29, 0.717) is 62.0 Å². The van der Waals surface area contributed by atoms with Gasteiger partial charge in [-0.2, -0.15) is 0 Å². The highest BCUT2D eigenvalue weighted by Gasteiger charge is 2.17. The lowest BCUT2D eigenvalue weighted by Crippen LogP contribution is -1.99. The van der Waals surface area contributed by atoms with Crippen LogP contribution < -0.4 is 15.2 Å². The van der Waals surface area contributed by atoms with Gasteiger partial charge in [0.2, 0.25) is 0 Å². The molecule has 0 fully saturated rings. The SMILES string of the molecule is [2H]C([2H])([2H])c1ccc2c(c1)c1ccc(Oc3cccc(Br)c3)cc1n2-c1cc(C([2H])([2H])[2H])c(-c2ccc(Oc3ccccc3-c3cccc(-c4ccccc4)c3N)cc2)cn1. The summed E-state index contributed by atoms with van der Waals surface area (Å²) in [5, 5.41) is 1.44. The van der Waals surface area contributed by atoms with Gasteiger partial charge in [-0.3, -0.25) is 4.57 Å². The Kier molecular flexibility index (Phi) is 7.26. The standard InChI is InChI=1S/C49H36BrN3O2/c1-31-18-25-45-43(26-31)40-24-23-38(54-37-13-8-12-35(50)28-37)29-46(40)53(45)48-27-32(2)44(30-52-48)34-19-21-36(22-20-34)55-47-17-7-6-14-41(47)42-16-9-15-39(49(42)51)33-10-4-3-5-11-33/h3-30H,51H2,1-2H3/i1D3,2D3. The van der Waals surface area contributed by atoms with Crippen molar-refractivity contribution in [2.75, 3.05) is 5.73 Å². The lowest BCUT2D eigenvalue weighted by atomic mass is 9.96. The van der Waals surface area contributed by atoms with Crippen LogP contribution in [0.3, 0.4) is 0 Å². The van der Waals surface area contributed by atoms with Gasteiger partial charge in [0.25, 0.3) is 0 Å². The summed E-state index contributed by atoms with van der Waals surface area (Å²) in [4.78, 5) is 4.85. The molecule has 266 valence electrons. The maximum absolute atomic E-state index is 8.64. The number of pyridine rings is 1. The molecule has 0 atom stereocenters. The predicted molar refractivity (Wildman–Crippen MR) is 230 cm³/mol. The molecule has 2 aromatic heterocycles. The van der Waals surface area contributed by atoms with E-state index in [1.54, 1.807) is 42.6 Å². The normalized spacial score (nSPS) is 13.3. The molecule has 0 aliphatic carbocycles. The average Bonchev–Trinajstić information content (AvgIpc) is 3.57. The molecule has 0 radical (unpaired) electrons. The van der Waals surface area contributed by atoms with Gasteiger partial charge in [-0.1, -0.05) is 112 Å². The minimum Gasteiger partial charge on any atom is -0.457 e. The van der Waals surface area contributed by atoms with Gasteiger partial charge >= 0.3 is 0 Å². The summed E-state index contributed by atoms with van der Waals surface area (Å²) in [5.41, 5.74) is 13.7. The van der Waals surface area contributed by atoms with Gasteiger partial charge in [-0.25, -0.2) is 4.98 Å². The Morgan fingerprint density at radius 2 is 1.31 bits per heavy atom. The quantitative estimate of drug-likeness (QED) is 0.156. The van der Waals surface area contributed by atoms with E-state index in [-0.39, 0.29) is 11.1 Å². The fourth-order valence-corrected chi connectivity index (χ4v) is 7.43. The number of nitrogen functional groups attached to an aromatic ring is 1. The highest BCUT2D eigenvalue weighted by molar-refractivity contribution is 9.10. The maximum Gasteiger partial charge on any atom is 0.137 e. The first-order valence-corrected chi connectivity index (χ1v) is 18.5. The van der Waals surface area contributed by atoms with Gasteiger partial charge in [0, 0.05) is 63.7 Å². The molecule has 2 N–H and O–H groups in total. The summed E-state index contributed by atoms with van der Waals surface area (Å²) in [6.07, 6.45) is 1.57. The molecule has 0 aliphatic heterocycles. The first-order valence-electron chi connectivity index (χ1n) is 20.7. The summed E-state index contributed by atoms with van der Waals surface area (Å²) in [5.74, 6) is 2.67. The molecule has 0 spiro atoms. The summed E-state index contributed by atoms with van der Waals surface area (Å²) in [6.45, 7) is -4.84. The molecule has 7 aromatic carbocycles. The van der Waals surface area contributed by atoms with Crippen molar-refractivity contribution < 1.29 is 17.7 Å². The molecular formula is C49H36BrN3O2. The predicted octanol–water partition coefficient (Wildman–Crippen LogP) is 13.7. The zero-order chi connectivity index (χ0) is 42.5. The zero-order valence-corrected chi connectivity index (χ0v) is 30.9. The van der Waals surface area contributed by atoms with Gasteiger partial charge in [0.05, 0.1) is 11.0 Å². The molecule has 6 heteroatoms. The van der Waals surface area contributed by atoms with Crippen LogP contribution >= 0.6 is 15.9 Å². The summed E-state index contributed by atoms with van der Waals surface area (Å²) in [7, 11) is 0. The number of benzene rings is 7. The van der Waals surface area contributed by atoms with Crippen LogP contribution in [0.5, 0.6) is 23.0 Å². The van der Waals surface area contributed by atoms with Crippen molar-refractivity contribution in [3.63, 3.8) is 0 Å². The van der Waals surface area contributed by atoms with Crippen molar-refractivity contribution in [3.8, 4) is 62.2 Å². The molecule has 9 rings (SSSR count). The number of aromatic nitrogens is 2. The van der Waals surface area contributed by atoms with E-state index >= 15 is 0 Å². The third-order valence-corrected chi connectivity index (χ3v) is 10.1. The van der Waals surface area contributed by atoms with E-state index in [1.165, 1.54) is 0 Å². The smallest absolute Gasteiger partial charge is 0.137 e. The molecule has 0 saturated carbocycles. The Hall–Kier alpha value is -6.63. The van der Waals surface area contributed by atoms with Crippen molar-refractivity contribution in [2.24, 2.45) is 0 Å². The van der Waals surface area contributed by atoms with Crippen LogP contribution in [0.4, 0.5) is 5.69 Å². The molecule has 0 amide bonds. The van der Waals surface area contributed by atoms with E-state index < -0.39 is 13.7 Å². The Balaban J connectivity index is 1.09. The molecule has 9 aromatic rings. The lowest BCUT2D eigenvalue weighted by molar-refractivity contribution is 0.483. The first-order chi connectivity index (χ1) is 29.3. The summed E-state index contributed by atoms with van der Waals surface area (Å²) >= 11 is 3.49. The van der Waals surface area contributed by atoms with Crippen LogP contribution in [0.2, 0.25) is 0 Å². The van der Waals surface area contributed by atoms with E-state index in [4.69, 9.17) is 28.4 Å². The van der Waals surface area contributed by atoms with Crippen LogP contribution in [0.15, 0.2) is 174 Å². The van der Waals surface area contributed by atoms with E-state index in [9.17, 15) is 0 Å². The third kappa shape index (κ3) is 6.62. The Morgan fingerprint density at radius 1 is 0.564 bits per heavy atom. The fourth-order valence-electron chi connectivity index (χ4n) is 7.05. The van der Waals surface area contributed by atoms with Gasteiger partial charge in [-0.15, -0.1) is 0 Å². The molecule has 0 saturated heterocycles. The molecule has 0 unspecified atom stereocenters. The molecule has 55 heavy (non-hydrogen) atoms. The van der Waals surface area contributed by atoms with Crippen LogP contribution in [-0.2, 0) is 0 Å². The van der Waals surface area contributed by atoms with Crippen molar-refractivity contribution in [2.45, 2.75) is 13.7 Å². The number of ether oxygens (including phenoxy) is 2. The van der Waals surface area contributed by atoms with Gasteiger partial charge in [0.15, 0.2) is 0 Å². The second-order valence-corrected chi connectivity index (χ2v) is 14.1. The van der Waals surface area contributed by atoms with Crippen LogP contribution in [0.25, 0.3) is 61.0 Å². The lowest BCUT2D eigenvalue weighted by Gasteiger charge is -2.16. The number of aryl methyl sites for hydroxylation is 2. The molecular weight excluding hydrogens is 742 g/mol. The number of anilines is 1. The number of halogens is 1. The molecule has 2 heterocycles. The number of hydrogen-bond acceptors (Lipinski definition) is 4. The van der Waals surface area contributed by atoms with E-state index in [2.05, 4.69) is 15.9 Å². The minimum atomic E-state index is -2.52. The Labute approximate surface area is 336 Å². The number of rotatable bonds is 8. The van der Waals surface area contributed by atoms with Gasteiger partial charge in [-0.05, 0) is 97.1 Å². The van der Waals surface area contributed by atoms with Crippen molar-refractivity contribution in [3.05, 3.63) is 186 Å². The number of nitrogens with zero attached hydrogens (tertiary/aromatic N) is 2. The number of para-hydroxylation sites is 2. The monoisotopic (exact) mass is 783 g/mol. The van der Waals surface area contributed by atoms with Crippen LogP contribution in [0.1, 0.15) is 19.4 Å². The largest absolute Gasteiger partial charge is 0.457 e. The first kappa shape index (κ1) is 27.9. The number of fused-ring (bicyclic) bond motifs is 3. The number of nitrogens with two attached hydrogens (primary N) is 1. The summed E-state index contributed by atoms with van der Waals surface area (Å²) < 4.78 is 65.5. The third-order valence-electron chi connectivity index (χ3n) is 9.65. The summed E-state index contributed by atoms with van der Waals surface area (Å²) in [6, 6.07) is 50.5. The fraction of sp³-hybridized carbons (Fsp3) is 0.0408. The van der Waals surface area contributed by atoms with Gasteiger partial charge < -0.3 is 15.2 Å². The van der Waals surface area contributed by atoms with Crippen molar-refractivity contribution in [1.29, 1.82) is 0 Å². The average molecular weight is 785 g/mol. The topological polar surface area (TPSA) is 62.3 Å². The Morgan fingerprint density at radius 3 is 2.15 bits per heavy atom. The van der Waals surface area contributed by atoms with Crippen molar-refractivity contribution in [1.82, 2.24) is 9.55 Å². The second-order valence-electron chi connectivity index (χ2n) is 13.1. The minimum absolute atomic E-state index is 0.0981. The highest BCUT2D eigenvalue weighted by atomic mass is 79.9. The molecule has 5 nitrogen and oxygen atoms in total. The molecule has 0 bridgehead atoms. The zero-order valence-electron chi connectivity index (χ0n) is 35.3. The van der Waals surface area contributed by atoms with Gasteiger partial charge in [0.1, 0.15) is 28.8 Å². The maximum atomic E-state index is 8.64. The van der Waals surface area contributed by atoms with Crippen LogP contribution in [-0.4, -0.2) is 9.55 Å². The van der Waals surface area contributed by atoms with Crippen molar-refractivity contribution >= 4 is 43.4 Å². The van der Waals surface area contributed by atoms with Crippen LogP contribution in [0, 0.1) is 13.7 Å². The Bertz CT molecular complexity index is 3090. The number of hydrogen-bond donors (Lipinski definition) is 1. The van der Waals surface area contributed by atoms with E-state index in [1.807, 2.05) is 132 Å². The van der Waals surface area contributed by atoms with E-state index in [0.717, 1.165) is 32.1 Å².